The van der Waals surface area contributed by atoms with Crippen LogP contribution in [0.25, 0.3) is 0 Å². The van der Waals surface area contributed by atoms with Gasteiger partial charge in [0.15, 0.2) is 0 Å². The van der Waals surface area contributed by atoms with E-state index in [-0.39, 0.29) is 0 Å². The van der Waals surface area contributed by atoms with Crippen molar-refractivity contribution in [1.82, 2.24) is 0 Å². The van der Waals surface area contributed by atoms with Crippen LogP contribution in [0.1, 0.15) is 157 Å². The molecule has 3 fully saturated rings. The molecule has 0 heteroatoms. The first kappa shape index (κ1) is 28.0. The van der Waals surface area contributed by atoms with Gasteiger partial charge in [0.1, 0.15) is 0 Å². The zero-order valence-corrected chi connectivity index (χ0v) is 22.2. The zero-order chi connectivity index (χ0) is 22.2. The van der Waals surface area contributed by atoms with E-state index in [9.17, 15) is 0 Å². The average Bonchev–Trinajstić information content (AvgIpc) is 3.04. The zero-order valence-electron chi connectivity index (χ0n) is 22.2. The van der Waals surface area contributed by atoms with Gasteiger partial charge in [0.2, 0.25) is 0 Å². The third-order valence-electron chi connectivity index (χ3n) is 7.59. The first-order chi connectivity index (χ1) is 14.4. The van der Waals surface area contributed by atoms with Gasteiger partial charge in [0.25, 0.3) is 0 Å². The molecule has 0 amide bonds. The summed E-state index contributed by atoms with van der Waals surface area (Å²) >= 11 is 0. The minimum atomic E-state index is 0.915. The maximum Gasteiger partial charge on any atom is -0.0412 e. The van der Waals surface area contributed by atoms with Crippen molar-refractivity contribution in [3.8, 4) is 0 Å². The standard InChI is InChI=1S/C11H22.C10H20.C9H18/c1-10(2)9-11-7-5-3-4-6-8-11;1-9(2)8-10-6-4-3-5-7-10;1-8(2)7-9-5-3-4-6-9/h10-11H,3-9H2,1-2H3;9-10H,3-8H2,1-2H3;8-9H,3-7H2,1-2H3. The first-order valence-electron chi connectivity index (χ1n) is 14.4. The van der Waals surface area contributed by atoms with Crippen LogP contribution < -0.4 is 0 Å². The highest BCUT2D eigenvalue weighted by Gasteiger charge is 2.16. The molecule has 0 bridgehead atoms. The monoisotopic (exact) mass is 420 g/mol. The summed E-state index contributed by atoms with van der Waals surface area (Å²) in [6, 6.07) is 0. The lowest BCUT2D eigenvalue weighted by molar-refractivity contribution is 0.305. The van der Waals surface area contributed by atoms with Gasteiger partial charge >= 0.3 is 0 Å². The Hall–Kier alpha value is 0. The smallest absolute Gasteiger partial charge is 0.0412 e. The number of hydrogen-bond acceptors (Lipinski definition) is 0. The van der Waals surface area contributed by atoms with Crippen LogP contribution in [-0.4, -0.2) is 0 Å². The molecular weight excluding hydrogens is 360 g/mol. The Balaban J connectivity index is 0.000000226. The number of rotatable bonds is 6. The second kappa shape index (κ2) is 17.5. The third kappa shape index (κ3) is 15.8. The van der Waals surface area contributed by atoms with E-state index in [4.69, 9.17) is 0 Å². The van der Waals surface area contributed by atoms with Crippen LogP contribution in [-0.2, 0) is 0 Å². The summed E-state index contributed by atoms with van der Waals surface area (Å²) in [6.07, 6.45) is 27.0. The van der Waals surface area contributed by atoms with Gasteiger partial charge in [-0.1, -0.05) is 138 Å². The van der Waals surface area contributed by atoms with Crippen LogP contribution in [0.3, 0.4) is 0 Å². The van der Waals surface area contributed by atoms with Crippen LogP contribution >= 0.6 is 0 Å². The van der Waals surface area contributed by atoms with Gasteiger partial charge in [0, 0.05) is 0 Å². The molecule has 0 aromatic heterocycles. The largest absolute Gasteiger partial charge is 0.0628 e. The molecule has 3 aliphatic carbocycles. The van der Waals surface area contributed by atoms with Gasteiger partial charge in [-0.25, -0.2) is 0 Å². The van der Waals surface area contributed by atoms with Gasteiger partial charge in [0.05, 0.1) is 0 Å². The molecule has 0 heterocycles. The molecule has 3 aliphatic rings. The lowest BCUT2D eigenvalue weighted by Gasteiger charge is -2.22. The van der Waals surface area contributed by atoms with Crippen molar-refractivity contribution in [3.05, 3.63) is 0 Å². The molecule has 0 aromatic rings. The van der Waals surface area contributed by atoms with Crippen LogP contribution in [0.2, 0.25) is 0 Å². The fourth-order valence-electron chi connectivity index (χ4n) is 6.27. The maximum absolute atomic E-state index is 2.35. The van der Waals surface area contributed by atoms with Crippen molar-refractivity contribution >= 4 is 0 Å². The molecular formula is C30H60. The highest BCUT2D eigenvalue weighted by molar-refractivity contribution is 4.68. The van der Waals surface area contributed by atoms with E-state index in [2.05, 4.69) is 41.5 Å². The molecule has 0 aromatic carbocycles. The minimum Gasteiger partial charge on any atom is -0.0628 e. The van der Waals surface area contributed by atoms with E-state index in [0.29, 0.717) is 0 Å². The van der Waals surface area contributed by atoms with E-state index in [0.717, 1.165) is 35.5 Å². The van der Waals surface area contributed by atoms with Crippen molar-refractivity contribution in [3.63, 3.8) is 0 Å². The first-order valence-corrected chi connectivity index (χ1v) is 14.4. The van der Waals surface area contributed by atoms with Crippen LogP contribution in [0.5, 0.6) is 0 Å². The second-order valence-electron chi connectivity index (χ2n) is 12.4. The summed E-state index contributed by atoms with van der Waals surface area (Å²) in [5.74, 6) is 5.99. The molecule has 0 nitrogen and oxygen atoms in total. The van der Waals surface area contributed by atoms with Gasteiger partial charge in [-0.15, -0.1) is 0 Å². The van der Waals surface area contributed by atoms with Gasteiger partial charge in [-0.05, 0) is 54.8 Å². The third-order valence-corrected chi connectivity index (χ3v) is 7.59. The fraction of sp³-hybridized carbons (Fsp3) is 1.00. The predicted octanol–water partition coefficient (Wildman–Crippen LogP) is 10.8. The normalized spacial score (nSPS) is 21.9. The highest BCUT2D eigenvalue weighted by atomic mass is 14.2. The van der Waals surface area contributed by atoms with E-state index in [1.165, 1.54) is 116 Å². The Morgan fingerprint density at radius 2 is 0.567 bits per heavy atom. The molecule has 3 saturated carbocycles. The topological polar surface area (TPSA) is 0 Å². The molecule has 0 radical (unpaired) electrons. The second-order valence-corrected chi connectivity index (χ2v) is 12.4. The van der Waals surface area contributed by atoms with E-state index >= 15 is 0 Å². The Labute approximate surface area is 192 Å². The van der Waals surface area contributed by atoms with E-state index in [1.807, 2.05) is 0 Å². The average molecular weight is 421 g/mol. The minimum absolute atomic E-state index is 0.915. The van der Waals surface area contributed by atoms with Crippen molar-refractivity contribution < 1.29 is 0 Å². The molecule has 0 unspecified atom stereocenters. The molecule has 0 atom stereocenters. The molecule has 180 valence electrons. The molecule has 0 aliphatic heterocycles. The quantitative estimate of drug-likeness (QED) is 0.375. The van der Waals surface area contributed by atoms with E-state index < -0.39 is 0 Å². The Morgan fingerprint density at radius 3 is 0.800 bits per heavy atom. The fourth-order valence-corrected chi connectivity index (χ4v) is 6.27. The van der Waals surface area contributed by atoms with Crippen molar-refractivity contribution in [2.24, 2.45) is 35.5 Å². The molecule has 0 N–H and O–H groups in total. The summed E-state index contributed by atoms with van der Waals surface area (Å²) in [5.41, 5.74) is 0. The Kier molecular flexibility index (Phi) is 16.4. The van der Waals surface area contributed by atoms with Crippen LogP contribution in [0, 0.1) is 35.5 Å². The SMILES string of the molecule is CC(C)CC1CCCC1.CC(C)CC1CCCCC1.CC(C)CC1CCCCCC1. The maximum atomic E-state index is 2.35. The molecule has 0 spiro atoms. The van der Waals surface area contributed by atoms with Gasteiger partial charge in [-0.3, -0.25) is 0 Å². The van der Waals surface area contributed by atoms with Crippen LogP contribution in [0.15, 0.2) is 0 Å². The summed E-state index contributed by atoms with van der Waals surface area (Å²) < 4.78 is 0. The summed E-state index contributed by atoms with van der Waals surface area (Å²) in [4.78, 5) is 0. The predicted molar refractivity (Wildman–Crippen MR) is 138 cm³/mol. The van der Waals surface area contributed by atoms with E-state index in [1.54, 1.807) is 0 Å². The van der Waals surface area contributed by atoms with Crippen molar-refractivity contribution in [1.29, 1.82) is 0 Å². The van der Waals surface area contributed by atoms with Crippen LogP contribution in [0.4, 0.5) is 0 Å². The summed E-state index contributed by atoms with van der Waals surface area (Å²) in [6.45, 7) is 14.1. The van der Waals surface area contributed by atoms with Gasteiger partial charge in [-0.2, -0.15) is 0 Å². The Morgan fingerprint density at radius 1 is 0.367 bits per heavy atom. The van der Waals surface area contributed by atoms with Gasteiger partial charge < -0.3 is 0 Å². The molecule has 0 saturated heterocycles. The molecule has 30 heavy (non-hydrogen) atoms. The summed E-state index contributed by atoms with van der Waals surface area (Å²) in [5, 5.41) is 0. The summed E-state index contributed by atoms with van der Waals surface area (Å²) in [7, 11) is 0. The highest BCUT2D eigenvalue weighted by Crippen LogP contribution is 2.30. The molecule has 3 rings (SSSR count). The van der Waals surface area contributed by atoms with Crippen molar-refractivity contribution in [2.45, 2.75) is 157 Å². The lowest BCUT2D eigenvalue weighted by atomic mass is 9.84. The lowest BCUT2D eigenvalue weighted by Crippen LogP contribution is -2.08. The van der Waals surface area contributed by atoms with Crippen molar-refractivity contribution in [2.75, 3.05) is 0 Å². The number of hydrogen-bond donors (Lipinski definition) is 0. The Bertz CT molecular complexity index is 346.